The van der Waals surface area contributed by atoms with Gasteiger partial charge < -0.3 is 5.32 Å². The molecule has 0 bridgehead atoms. The maximum absolute atomic E-state index is 12.4. The molecule has 1 unspecified atom stereocenters. The minimum absolute atomic E-state index is 0.0162. The number of carbonyl (C=O) groups excluding carboxylic acids is 1. The minimum Gasteiger partial charge on any atom is -0.349 e. The molecule has 1 N–H and O–H groups in total. The van der Waals surface area contributed by atoms with Crippen LogP contribution in [0, 0.1) is 5.41 Å². The Morgan fingerprint density at radius 3 is 2.79 bits per heavy atom. The highest BCUT2D eigenvalue weighted by atomic mass is 79.9. The first kappa shape index (κ1) is 14.9. The van der Waals surface area contributed by atoms with Crippen LogP contribution in [0.15, 0.2) is 27.6 Å². The number of rotatable bonds is 2. The van der Waals surface area contributed by atoms with Crippen LogP contribution in [0.1, 0.15) is 49.9 Å². The van der Waals surface area contributed by atoms with E-state index in [2.05, 4.69) is 47.7 Å². The van der Waals surface area contributed by atoms with Crippen molar-refractivity contribution in [1.82, 2.24) is 5.32 Å². The van der Waals surface area contributed by atoms with Crippen LogP contribution in [-0.2, 0) is 0 Å². The van der Waals surface area contributed by atoms with Crippen molar-refractivity contribution >= 4 is 34.5 Å². The first-order valence-corrected chi connectivity index (χ1v) is 7.93. The highest BCUT2D eigenvalue weighted by Crippen LogP contribution is 2.35. The molecular formula is C15H20BrNOS. The summed E-state index contributed by atoms with van der Waals surface area (Å²) >= 11 is 7.76. The largest absolute Gasteiger partial charge is 0.349 e. The topological polar surface area (TPSA) is 29.1 Å². The van der Waals surface area contributed by atoms with Crippen LogP contribution in [0.2, 0.25) is 0 Å². The second-order valence-corrected chi connectivity index (χ2v) is 7.32. The van der Waals surface area contributed by atoms with Crippen molar-refractivity contribution in [2.75, 3.05) is 0 Å². The van der Waals surface area contributed by atoms with Crippen molar-refractivity contribution in [2.45, 2.75) is 50.5 Å². The van der Waals surface area contributed by atoms with Crippen LogP contribution in [0.25, 0.3) is 0 Å². The Morgan fingerprint density at radius 1 is 1.42 bits per heavy atom. The minimum atomic E-state index is -0.0162. The van der Waals surface area contributed by atoms with Gasteiger partial charge in [0.2, 0.25) is 0 Å². The zero-order chi connectivity index (χ0) is 14.0. The normalized spacial score (nSPS) is 22.0. The average Bonchev–Trinajstić information content (AvgIpc) is 2.31. The Balaban J connectivity index is 2.12. The monoisotopic (exact) mass is 341 g/mol. The maximum Gasteiger partial charge on any atom is 0.252 e. The molecule has 1 aromatic rings. The molecule has 1 fully saturated rings. The van der Waals surface area contributed by atoms with E-state index >= 15 is 0 Å². The molecule has 0 spiro atoms. The summed E-state index contributed by atoms with van der Waals surface area (Å²) in [4.78, 5) is 13.1. The van der Waals surface area contributed by atoms with E-state index in [1.54, 1.807) is 0 Å². The first-order chi connectivity index (χ1) is 8.90. The zero-order valence-electron chi connectivity index (χ0n) is 11.4. The maximum atomic E-state index is 12.4. The van der Waals surface area contributed by atoms with Crippen molar-refractivity contribution in [1.29, 1.82) is 0 Å². The summed E-state index contributed by atoms with van der Waals surface area (Å²) in [6, 6.07) is 5.80. The second kappa shape index (κ2) is 5.88. The fourth-order valence-corrected chi connectivity index (χ4v) is 3.55. The summed E-state index contributed by atoms with van der Waals surface area (Å²) in [5.41, 5.74) is 0.827. The number of nitrogens with one attached hydrogen (secondary N) is 1. The molecular weight excluding hydrogens is 322 g/mol. The Kier molecular flexibility index (Phi) is 4.62. The molecule has 1 aliphatic carbocycles. The van der Waals surface area contributed by atoms with Crippen molar-refractivity contribution in [3.05, 3.63) is 28.2 Å². The van der Waals surface area contributed by atoms with Gasteiger partial charge in [0.25, 0.3) is 5.91 Å². The third-order valence-electron chi connectivity index (χ3n) is 4.02. The van der Waals surface area contributed by atoms with Crippen LogP contribution in [0.5, 0.6) is 0 Å². The number of thiol groups is 1. The lowest BCUT2D eigenvalue weighted by molar-refractivity contribution is 0.0850. The Morgan fingerprint density at radius 2 is 2.16 bits per heavy atom. The molecule has 0 aromatic heterocycles. The van der Waals surface area contributed by atoms with Gasteiger partial charge in [-0.15, -0.1) is 12.6 Å². The SMILES string of the molecule is CC1(C)CCCCC1NC(=O)c1ccc(Br)cc1S. The standard InChI is InChI=1S/C15H20BrNOS/c1-15(2)8-4-3-5-13(15)17-14(18)11-7-6-10(16)9-12(11)19/h6-7,9,13,19H,3-5,8H2,1-2H3,(H,17,18). The van der Waals surface area contributed by atoms with Crippen LogP contribution >= 0.6 is 28.6 Å². The summed E-state index contributed by atoms with van der Waals surface area (Å²) < 4.78 is 0.937. The molecule has 2 rings (SSSR count). The predicted octanol–water partition coefficient (Wildman–Crippen LogP) is 4.44. The van der Waals surface area contributed by atoms with Gasteiger partial charge in [0.1, 0.15) is 0 Å². The number of benzene rings is 1. The third kappa shape index (κ3) is 3.54. The van der Waals surface area contributed by atoms with Gasteiger partial charge in [-0.25, -0.2) is 0 Å². The molecule has 1 aliphatic rings. The van der Waals surface area contributed by atoms with E-state index in [1.165, 1.54) is 19.3 Å². The summed E-state index contributed by atoms with van der Waals surface area (Å²) in [5.74, 6) is -0.0162. The van der Waals surface area contributed by atoms with Gasteiger partial charge >= 0.3 is 0 Å². The van der Waals surface area contributed by atoms with Gasteiger partial charge in [-0.05, 0) is 36.5 Å². The number of amides is 1. The molecule has 19 heavy (non-hydrogen) atoms. The van der Waals surface area contributed by atoms with Crippen molar-refractivity contribution in [2.24, 2.45) is 5.41 Å². The molecule has 0 aliphatic heterocycles. The summed E-state index contributed by atoms with van der Waals surface area (Å²) in [7, 11) is 0. The molecule has 1 atom stereocenters. The van der Waals surface area contributed by atoms with E-state index in [4.69, 9.17) is 0 Å². The molecule has 1 saturated carbocycles. The highest BCUT2D eigenvalue weighted by Gasteiger charge is 2.33. The lowest BCUT2D eigenvalue weighted by Crippen LogP contribution is -2.46. The van der Waals surface area contributed by atoms with E-state index in [0.29, 0.717) is 10.5 Å². The number of carbonyl (C=O) groups is 1. The fourth-order valence-electron chi connectivity index (χ4n) is 2.69. The van der Waals surface area contributed by atoms with E-state index < -0.39 is 0 Å². The summed E-state index contributed by atoms with van der Waals surface area (Å²) in [5, 5.41) is 3.18. The fraction of sp³-hybridized carbons (Fsp3) is 0.533. The number of halogens is 1. The molecule has 104 valence electrons. The van der Waals surface area contributed by atoms with Crippen LogP contribution < -0.4 is 5.32 Å². The summed E-state index contributed by atoms with van der Waals surface area (Å²) in [6.07, 6.45) is 4.70. The van der Waals surface area contributed by atoms with Crippen molar-refractivity contribution < 1.29 is 4.79 Å². The van der Waals surface area contributed by atoms with Crippen LogP contribution in [-0.4, -0.2) is 11.9 Å². The molecule has 0 radical (unpaired) electrons. The third-order valence-corrected chi connectivity index (χ3v) is 4.88. The highest BCUT2D eigenvalue weighted by molar-refractivity contribution is 9.10. The summed E-state index contributed by atoms with van der Waals surface area (Å²) in [6.45, 7) is 4.47. The molecule has 4 heteroatoms. The van der Waals surface area contributed by atoms with E-state index in [-0.39, 0.29) is 17.4 Å². The number of hydrogen-bond acceptors (Lipinski definition) is 2. The molecule has 2 nitrogen and oxygen atoms in total. The average molecular weight is 342 g/mol. The molecule has 0 saturated heterocycles. The van der Waals surface area contributed by atoms with Gasteiger partial charge in [0, 0.05) is 15.4 Å². The van der Waals surface area contributed by atoms with Crippen LogP contribution in [0.3, 0.4) is 0 Å². The molecule has 1 amide bonds. The molecule has 0 heterocycles. The lowest BCUT2D eigenvalue weighted by Gasteiger charge is -2.39. The van der Waals surface area contributed by atoms with Gasteiger partial charge in [0.05, 0.1) is 5.56 Å². The quantitative estimate of drug-likeness (QED) is 0.765. The predicted molar refractivity (Wildman–Crippen MR) is 84.9 cm³/mol. The van der Waals surface area contributed by atoms with E-state index in [9.17, 15) is 4.79 Å². The molecule has 1 aromatic carbocycles. The van der Waals surface area contributed by atoms with Gasteiger partial charge in [-0.2, -0.15) is 0 Å². The van der Waals surface area contributed by atoms with Gasteiger partial charge in [-0.3, -0.25) is 4.79 Å². The van der Waals surface area contributed by atoms with E-state index in [1.807, 2.05) is 18.2 Å². The van der Waals surface area contributed by atoms with Crippen LogP contribution in [0.4, 0.5) is 0 Å². The van der Waals surface area contributed by atoms with E-state index in [0.717, 1.165) is 10.9 Å². The zero-order valence-corrected chi connectivity index (χ0v) is 13.9. The smallest absolute Gasteiger partial charge is 0.252 e. The second-order valence-electron chi connectivity index (χ2n) is 5.92. The Hall–Kier alpha value is -0.480. The number of hydrogen-bond donors (Lipinski definition) is 2. The van der Waals surface area contributed by atoms with Gasteiger partial charge in [-0.1, -0.05) is 42.6 Å². The lowest BCUT2D eigenvalue weighted by atomic mass is 9.73. The Bertz CT molecular complexity index is 487. The van der Waals surface area contributed by atoms with Crippen molar-refractivity contribution in [3.8, 4) is 0 Å². The first-order valence-electron chi connectivity index (χ1n) is 6.69. The Labute approximate surface area is 128 Å². The van der Waals surface area contributed by atoms with Crippen molar-refractivity contribution in [3.63, 3.8) is 0 Å². The van der Waals surface area contributed by atoms with Gasteiger partial charge in [0.15, 0.2) is 0 Å².